The lowest BCUT2D eigenvalue weighted by Crippen LogP contribution is -2.35. The van der Waals surface area contributed by atoms with Gasteiger partial charge in [-0.25, -0.2) is 9.36 Å². The summed E-state index contributed by atoms with van der Waals surface area (Å²) in [6.07, 6.45) is 4.73. The van der Waals surface area contributed by atoms with Crippen LogP contribution in [-0.4, -0.2) is 26.9 Å². The SMILES string of the molecule is CC1(C)C2CCC1(C)C(N=Cc1c(O)n(-c3ccc(Cl)cc3)c(=O)[nH]c1=O)C2. The van der Waals surface area contributed by atoms with Crippen molar-refractivity contribution in [2.75, 3.05) is 0 Å². The first kappa shape index (κ1) is 19.0. The second-order valence-corrected chi connectivity index (χ2v) is 9.15. The minimum Gasteiger partial charge on any atom is -0.493 e. The Morgan fingerprint density at radius 1 is 1.25 bits per heavy atom. The van der Waals surface area contributed by atoms with Gasteiger partial charge in [0.25, 0.3) is 5.56 Å². The lowest BCUT2D eigenvalue weighted by Gasteiger charge is -2.37. The fourth-order valence-corrected chi connectivity index (χ4v) is 5.16. The van der Waals surface area contributed by atoms with E-state index >= 15 is 0 Å². The van der Waals surface area contributed by atoms with Crippen molar-refractivity contribution in [1.82, 2.24) is 9.55 Å². The number of nitrogens with one attached hydrogen (secondary N) is 1. The van der Waals surface area contributed by atoms with Crippen LogP contribution in [0.3, 0.4) is 0 Å². The quantitative estimate of drug-likeness (QED) is 0.771. The van der Waals surface area contributed by atoms with E-state index in [1.54, 1.807) is 24.3 Å². The van der Waals surface area contributed by atoms with Gasteiger partial charge in [0.05, 0.1) is 11.7 Å². The standard InChI is InChI=1S/C21H24ClN3O3/c1-20(2)12-8-9-21(20,3)16(10-12)23-11-15-17(26)24-19(28)25(18(15)27)14-6-4-13(22)5-7-14/h4-7,11-12,16,27H,8-10H2,1-3H3,(H,24,26,28). The molecule has 0 aliphatic heterocycles. The van der Waals surface area contributed by atoms with Gasteiger partial charge in [-0.3, -0.25) is 14.8 Å². The van der Waals surface area contributed by atoms with Gasteiger partial charge in [-0.1, -0.05) is 32.4 Å². The zero-order chi connectivity index (χ0) is 20.3. The van der Waals surface area contributed by atoms with Crippen molar-refractivity contribution in [1.29, 1.82) is 0 Å². The number of H-pyrrole nitrogens is 1. The minimum atomic E-state index is -0.713. The summed E-state index contributed by atoms with van der Waals surface area (Å²) in [6, 6.07) is 6.51. The number of aromatic nitrogens is 2. The second kappa shape index (κ2) is 6.34. The van der Waals surface area contributed by atoms with Crippen molar-refractivity contribution >= 4 is 17.8 Å². The molecule has 0 spiro atoms. The van der Waals surface area contributed by atoms with Crippen LogP contribution in [0, 0.1) is 16.7 Å². The highest BCUT2D eigenvalue weighted by atomic mass is 35.5. The zero-order valence-corrected chi connectivity index (χ0v) is 17.0. The first-order valence-corrected chi connectivity index (χ1v) is 9.90. The Kier molecular flexibility index (Phi) is 4.30. The summed E-state index contributed by atoms with van der Waals surface area (Å²) in [5.41, 5.74) is -0.698. The van der Waals surface area contributed by atoms with Crippen molar-refractivity contribution < 1.29 is 5.11 Å². The molecule has 0 radical (unpaired) electrons. The molecule has 1 aromatic heterocycles. The molecule has 2 fully saturated rings. The highest BCUT2D eigenvalue weighted by Crippen LogP contribution is 2.66. The maximum Gasteiger partial charge on any atom is 0.335 e. The number of aromatic amines is 1. The van der Waals surface area contributed by atoms with E-state index in [4.69, 9.17) is 16.6 Å². The van der Waals surface area contributed by atoms with E-state index in [-0.39, 0.29) is 22.4 Å². The normalized spacial score (nSPS) is 28.3. The van der Waals surface area contributed by atoms with Crippen molar-refractivity contribution in [2.45, 2.75) is 46.1 Å². The van der Waals surface area contributed by atoms with Crippen molar-refractivity contribution in [3.63, 3.8) is 0 Å². The van der Waals surface area contributed by atoms with E-state index in [1.807, 2.05) is 0 Å². The Hall–Kier alpha value is -2.34. The van der Waals surface area contributed by atoms with Crippen LogP contribution >= 0.6 is 11.6 Å². The molecule has 0 amide bonds. The van der Waals surface area contributed by atoms with Crippen LogP contribution in [0.4, 0.5) is 0 Å². The van der Waals surface area contributed by atoms with Crippen LogP contribution in [0.25, 0.3) is 5.69 Å². The van der Waals surface area contributed by atoms with Crippen LogP contribution < -0.4 is 11.2 Å². The highest BCUT2D eigenvalue weighted by Gasteiger charge is 2.61. The van der Waals surface area contributed by atoms with Gasteiger partial charge in [0.15, 0.2) is 0 Å². The molecular weight excluding hydrogens is 378 g/mol. The summed E-state index contributed by atoms with van der Waals surface area (Å²) in [5.74, 6) is 0.196. The number of aromatic hydroxyl groups is 1. The molecule has 2 aromatic rings. The summed E-state index contributed by atoms with van der Waals surface area (Å²) >= 11 is 5.90. The molecule has 6 nitrogen and oxygen atoms in total. The number of nitrogens with zero attached hydrogens (tertiary/aromatic N) is 2. The predicted octanol–water partition coefficient (Wildman–Crippen LogP) is 3.52. The monoisotopic (exact) mass is 401 g/mol. The molecule has 2 saturated carbocycles. The summed E-state index contributed by atoms with van der Waals surface area (Å²) in [6.45, 7) is 6.86. The Bertz CT molecular complexity index is 1070. The molecule has 2 aliphatic carbocycles. The summed E-state index contributed by atoms with van der Waals surface area (Å²) in [5, 5.41) is 11.2. The largest absolute Gasteiger partial charge is 0.493 e. The molecule has 2 N–H and O–H groups in total. The maximum atomic E-state index is 12.3. The lowest BCUT2D eigenvalue weighted by atomic mass is 9.69. The molecule has 1 heterocycles. The van der Waals surface area contributed by atoms with Gasteiger partial charge in [-0.15, -0.1) is 0 Å². The van der Waals surface area contributed by atoms with Crippen molar-refractivity contribution in [2.24, 2.45) is 21.7 Å². The van der Waals surface area contributed by atoms with Gasteiger partial charge in [0.2, 0.25) is 5.88 Å². The van der Waals surface area contributed by atoms with Gasteiger partial charge in [-0.05, 0) is 60.3 Å². The molecule has 7 heteroatoms. The van der Waals surface area contributed by atoms with E-state index in [0.717, 1.165) is 17.4 Å². The third-order valence-corrected chi connectivity index (χ3v) is 7.59. The number of rotatable bonds is 3. The van der Waals surface area contributed by atoms with Gasteiger partial charge in [-0.2, -0.15) is 0 Å². The molecule has 3 atom stereocenters. The third-order valence-electron chi connectivity index (χ3n) is 7.34. The Labute approximate surface area is 167 Å². The molecular formula is C21H24ClN3O3. The number of aliphatic imine (C=N–C) groups is 1. The van der Waals surface area contributed by atoms with Gasteiger partial charge in [0.1, 0.15) is 5.56 Å². The third kappa shape index (κ3) is 2.65. The molecule has 4 rings (SSSR count). The number of halogens is 1. The summed E-state index contributed by atoms with van der Waals surface area (Å²) in [4.78, 5) is 31.6. The van der Waals surface area contributed by atoms with E-state index in [1.165, 1.54) is 12.6 Å². The Balaban J connectivity index is 1.74. The highest BCUT2D eigenvalue weighted by molar-refractivity contribution is 6.30. The summed E-state index contributed by atoms with van der Waals surface area (Å²) < 4.78 is 1.05. The van der Waals surface area contributed by atoms with E-state index in [2.05, 4.69) is 25.8 Å². The summed E-state index contributed by atoms with van der Waals surface area (Å²) in [7, 11) is 0. The topological polar surface area (TPSA) is 87.4 Å². The van der Waals surface area contributed by atoms with Crippen LogP contribution in [0.2, 0.25) is 5.02 Å². The Morgan fingerprint density at radius 2 is 1.93 bits per heavy atom. The second-order valence-electron chi connectivity index (χ2n) is 8.71. The van der Waals surface area contributed by atoms with E-state index in [9.17, 15) is 14.7 Å². The number of hydrogen-bond donors (Lipinski definition) is 2. The fraction of sp³-hybridized carbons (Fsp3) is 0.476. The Morgan fingerprint density at radius 3 is 2.50 bits per heavy atom. The average Bonchev–Trinajstić information content (AvgIpc) is 2.96. The molecule has 0 saturated heterocycles. The maximum absolute atomic E-state index is 12.3. The first-order valence-electron chi connectivity index (χ1n) is 9.52. The number of benzene rings is 1. The van der Waals surface area contributed by atoms with Crippen molar-refractivity contribution in [3.8, 4) is 11.6 Å². The molecule has 2 bridgehead atoms. The number of fused-ring (bicyclic) bond motifs is 2. The van der Waals surface area contributed by atoms with Crippen LogP contribution in [0.1, 0.15) is 45.6 Å². The van der Waals surface area contributed by atoms with E-state index < -0.39 is 17.1 Å². The molecule has 148 valence electrons. The van der Waals surface area contributed by atoms with Gasteiger partial charge in [0, 0.05) is 11.2 Å². The van der Waals surface area contributed by atoms with Crippen LogP contribution in [-0.2, 0) is 0 Å². The van der Waals surface area contributed by atoms with E-state index in [0.29, 0.717) is 16.6 Å². The van der Waals surface area contributed by atoms with Gasteiger partial charge < -0.3 is 5.11 Å². The molecule has 3 unspecified atom stereocenters. The van der Waals surface area contributed by atoms with Crippen molar-refractivity contribution in [3.05, 3.63) is 55.7 Å². The fourth-order valence-electron chi connectivity index (χ4n) is 5.04. The lowest BCUT2D eigenvalue weighted by molar-refractivity contribution is 0.137. The first-order chi connectivity index (χ1) is 13.1. The average molecular weight is 402 g/mol. The molecule has 2 aliphatic rings. The molecule has 28 heavy (non-hydrogen) atoms. The van der Waals surface area contributed by atoms with Crippen LogP contribution in [0.15, 0.2) is 38.8 Å². The molecule has 1 aromatic carbocycles. The van der Waals surface area contributed by atoms with Crippen LogP contribution in [0.5, 0.6) is 5.88 Å². The number of hydrogen-bond acceptors (Lipinski definition) is 4. The zero-order valence-electron chi connectivity index (χ0n) is 16.2. The smallest absolute Gasteiger partial charge is 0.335 e. The van der Waals surface area contributed by atoms with Gasteiger partial charge >= 0.3 is 5.69 Å². The minimum absolute atomic E-state index is 0.0151. The predicted molar refractivity (Wildman–Crippen MR) is 110 cm³/mol.